The van der Waals surface area contributed by atoms with E-state index in [-0.39, 0.29) is 11.7 Å². The molecule has 3 rings (SSSR count). The smallest absolute Gasteiger partial charge is 0.387 e. The van der Waals surface area contributed by atoms with Crippen LogP contribution >= 0.6 is 11.8 Å². The lowest BCUT2D eigenvalue weighted by molar-refractivity contribution is -0.111. The highest BCUT2D eigenvalue weighted by atomic mass is 32.2. The van der Waals surface area contributed by atoms with Crippen LogP contribution in [0.25, 0.3) is 6.08 Å². The third-order valence-corrected chi connectivity index (χ3v) is 4.88. The molecule has 0 aliphatic rings. The predicted molar refractivity (Wildman–Crippen MR) is 111 cm³/mol. The first kappa shape index (κ1) is 20.5. The van der Waals surface area contributed by atoms with Gasteiger partial charge in [-0.05, 0) is 48.0 Å². The molecule has 0 spiro atoms. The van der Waals surface area contributed by atoms with Crippen molar-refractivity contribution in [3.8, 4) is 5.75 Å². The molecule has 7 heteroatoms. The van der Waals surface area contributed by atoms with Crippen LogP contribution in [0.4, 0.5) is 14.5 Å². The summed E-state index contributed by atoms with van der Waals surface area (Å²) in [5.74, 6) is 0.455. The third-order valence-electron chi connectivity index (χ3n) is 3.80. The van der Waals surface area contributed by atoms with Gasteiger partial charge in [-0.25, -0.2) is 0 Å². The van der Waals surface area contributed by atoms with Gasteiger partial charge in [0.2, 0.25) is 5.91 Å². The zero-order chi connectivity index (χ0) is 20.5. The summed E-state index contributed by atoms with van der Waals surface area (Å²) in [6.45, 7) is -2.92. The van der Waals surface area contributed by atoms with Gasteiger partial charge in [0.05, 0.1) is 0 Å². The first-order valence-electron chi connectivity index (χ1n) is 8.75. The Balaban J connectivity index is 1.55. The second-order valence-corrected chi connectivity index (χ2v) is 6.96. The second-order valence-electron chi connectivity index (χ2n) is 5.91. The number of nitrogens with one attached hydrogen (secondary N) is 1. The van der Waals surface area contributed by atoms with Crippen LogP contribution in [0.2, 0.25) is 0 Å². The first-order chi connectivity index (χ1) is 14.1. The number of amides is 1. The Labute approximate surface area is 171 Å². The highest BCUT2D eigenvalue weighted by Crippen LogP contribution is 2.24. The van der Waals surface area contributed by atoms with Gasteiger partial charge in [-0.3, -0.25) is 9.78 Å². The summed E-state index contributed by atoms with van der Waals surface area (Å²) in [6.07, 6.45) is 6.28. The van der Waals surface area contributed by atoms with Gasteiger partial charge in [0, 0.05) is 40.4 Å². The fourth-order valence-electron chi connectivity index (χ4n) is 2.46. The number of para-hydroxylation sites is 1. The number of alkyl halides is 2. The number of nitrogens with zero attached hydrogens (tertiary/aromatic N) is 1. The van der Waals surface area contributed by atoms with E-state index in [1.54, 1.807) is 36.2 Å². The number of halogens is 2. The third kappa shape index (κ3) is 6.73. The molecule has 4 nitrogen and oxygen atoms in total. The quantitative estimate of drug-likeness (QED) is 0.385. The molecular formula is C22H18F2N2O2S. The maximum Gasteiger partial charge on any atom is 0.387 e. The van der Waals surface area contributed by atoms with Crippen molar-refractivity contribution in [2.24, 2.45) is 0 Å². The SMILES string of the molecule is O=C(/C=C/c1ccccc1OC(F)F)Nc1ccc(SCc2cccnc2)cc1. The van der Waals surface area contributed by atoms with Crippen LogP contribution in [0.1, 0.15) is 11.1 Å². The Morgan fingerprint density at radius 1 is 1.10 bits per heavy atom. The molecule has 1 aromatic heterocycles. The molecule has 0 atom stereocenters. The van der Waals surface area contributed by atoms with Crippen molar-refractivity contribution in [3.63, 3.8) is 0 Å². The van der Waals surface area contributed by atoms with Crippen LogP contribution in [0.5, 0.6) is 5.75 Å². The molecule has 1 heterocycles. The van der Waals surface area contributed by atoms with E-state index in [0.29, 0.717) is 11.3 Å². The molecule has 0 unspecified atom stereocenters. The van der Waals surface area contributed by atoms with Gasteiger partial charge in [0.25, 0.3) is 0 Å². The highest BCUT2D eigenvalue weighted by molar-refractivity contribution is 7.98. The van der Waals surface area contributed by atoms with E-state index in [1.165, 1.54) is 18.2 Å². The van der Waals surface area contributed by atoms with E-state index in [2.05, 4.69) is 15.0 Å². The Morgan fingerprint density at radius 2 is 1.90 bits per heavy atom. The largest absolute Gasteiger partial charge is 0.434 e. The Kier molecular flexibility index (Phi) is 7.35. The van der Waals surface area contributed by atoms with Crippen molar-refractivity contribution in [2.45, 2.75) is 17.3 Å². The van der Waals surface area contributed by atoms with Gasteiger partial charge in [-0.15, -0.1) is 11.8 Å². The number of aromatic nitrogens is 1. The second kappa shape index (κ2) is 10.4. The van der Waals surface area contributed by atoms with Gasteiger partial charge in [0.1, 0.15) is 5.75 Å². The van der Waals surface area contributed by atoms with E-state index in [0.717, 1.165) is 16.2 Å². The van der Waals surface area contributed by atoms with Crippen molar-refractivity contribution in [1.29, 1.82) is 0 Å². The number of thioether (sulfide) groups is 1. The minimum atomic E-state index is -2.92. The van der Waals surface area contributed by atoms with Gasteiger partial charge in [-0.1, -0.05) is 24.3 Å². The number of carbonyl (C=O) groups excluding carboxylic acids is 1. The van der Waals surface area contributed by atoms with Crippen LogP contribution in [-0.4, -0.2) is 17.5 Å². The highest BCUT2D eigenvalue weighted by Gasteiger charge is 2.07. The average molecular weight is 412 g/mol. The molecule has 29 heavy (non-hydrogen) atoms. The van der Waals surface area contributed by atoms with E-state index >= 15 is 0 Å². The number of pyridine rings is 1. The normalized spacial score (nSPS) is 11.0. The molecule has 1 amide bonds. The summed E-state index contributed by atoms with van der Waals surface area (Å²) in [7, 11) is 0. The lowest BCUT2D eigenvalue weighted by atomic mass is 10.2. The fourth-order valence-corrected chi connectivity index (χ4v) is 3.29. The minimum Gasteiger partial charge on any atom is -0.434 e. The molecule has 0 bridgehead atoms. The van der Waals surface area contributed by atoms with Gasteiger partial charge in [0.15, 0.2) is 0 Å². The standard InChI is InChI=1S/C22H18F2N2O2S/c23-22(24)28-20-6-2-1-5-17(20)7-12-21(27)26-18-8-10-19(11-9-18)29-15-16-4-3-13-25-14-16/h1-14,22H,15H2,(H,26,27)/b12-7+. The van der Waals surface area contributed by atoms with E-state index in [1.807, 2.05) is 42.6 Å². The molecule has 2 aromatic carbocycles. The van der Waals surface area contributed by atoms with Gasteiger partial charge < -0.3 is 10.1 Å². The molecule has 148 valence electrons. The average Bonchev–Trinajstić information content (AvgIpc) is 2.73. The van der Waals surface area contributed by atoms with Crippen LogP contribution in [0.3, 0.4) is 0 Å². The zero-order valence-corrected chi connectivity index (χ0v) is 16.1. The zero-order valence-electron chi connectivity index (χ0n) is 15.3. The monoisotopic (exact) mass is 412 g/mol. The van der Waals surface area contributed by atoms with Crippen molar-refractivity contribution < 1.29 is 18.3 Å². The summed E-state index contributed by atoms with van der Waals surface area (Å²) in [4.78, 5) is 17.3. The van der Waals surface area contributed by atoms with Crippen LogP contribution in [0, 0.1) is 0 Å². The van der Waals surface area contributed by atoms with Crippen molar-refractivity contribution in [1.82, 2.24) is 4.98 Å². The van der Waals surface area contributed by atoms with Crippen LogP contribution in [0.15, 0.2) is 84.0 Å². The molecule has 1 N–H and O–H groups in total. The lowest BCUT2D eigenvalue weighted by Gasteiger charge is -2.07. The summed E-state index contributed by atoms with van der Waals surface area (Å²) >= 11 is 1.67. The van der Waals surface area contributed by atoms with Crippen LogP contribution < -0.4 is 10.1 Å². The maximum atomic E-state index is 12.4. The number of benzene rings is 2. The molecule has 0 aliphatic carbocycles. The summed E-state index contributed by atoms with van der Waals surface area (Å²) < 4.78 is 29.3. The Morgan fingerprint density at radius 3 is 2.62 bits per heavy atom. The van der Waals surface area contributed by atoms with E-state index in [4.69, 9.17) is 0 Å². The lowest BCUT2D eigenvalue weighted by Crippen LogP contribution is -2.07. The molecular weight excluding hydrogens is 394 g/mol. The summed E-state index contributed by atoms with van der Waals surface area (Å²) in [5, 5.41) is 2.74. The number of rotatable bonds is 8. The number of anilines is 1. The molecule has 0 saturated heterocycles. The molecule has 0 aliphatic heterocycles. The van der Waals surface area contributed by atoms with Crippen molar-refractivity contribution in [2.75, 3.05) is 5.32 Å². The van der Waals surface area contributed by atoms with Gasteiger partial charge in [-0.2, -0.15) is 8.78 Å². The Hall–Kier alpha value is -3.19. The summed E-state index contributed by atoms with van der Waals surface area (Å²) in [6, 6.07) is 17.7. The number of hydrogen-bond acceptors (Lipinski definition) is 4. The van der Waals surface area contributed by atoms with E-state index in [9.17, 15) is 13.6 Å². The first-order valence-corrected chi connectivity index (χ1v) is 9.73. The van der Waals surface area contributed by atoms with Crippen molar-refractivity contribution in [3.05, 3.63) is 90.3 Å². The van der Waals surface area contributed by atoms with Crippen LogP contribution in [-0.2, 0) is 10.5 Å². The number of ether oxygens (including phenoxy) is 1. The maximum absolute atomic E-state index is 12.4. The van der Waals surface area contributed by atoms with Crippen molar-refractivity contribution >= 4 is 29.4 Å². The summed E-state index contributed by atoms with van der Waals surface area (Å²) in [5.41, 5.74) is 2.17. The number of hydrogen-bond donors (Lipinski definition) is 1. The van der Waals surface area contributed by atoms with E-state index < -0.39 is 6.61 Å². The molecule has 0 saturated carbocycles. The Bertz CT molecular complexity index is 964. The topological polar surface area (TPSA) is 51.2 Å². The molecule has 0 fully saturated rings. The van der Waals surface area contributed by atoms with Gasteiger partial charge >= 0.3 is 6.61 Å². The number of carbonyl (C=O) groups is 1. The molecule has 3 aromatic rings. The fraction of sp³-hybridized carbons (Fsp3) is 0.0909. The predicted octanol–water partition coefficient (Wildman–Crippen LogP) is 5.63. The molecule has 0 radical (unpaired) electrons. The minimum absolute atomic E-state index is 0.0153.